The van der Waals surface area contributed by atoms with E-state index in [1.807, 2.05) is 20.8 Å². The van der Waals surface area contributed by atoms with Gasteiger partial charge in [-0.15, -0.1) is 0 Å². The van der Waals surface area contributed by atoms with Crippen LogP contribution in [0, 0.1) is 10.1 Å². The van der Waals surface area contributed by atoms with Gasteiger partial charge in [-0.25, -0.2) is 0 Å². The first-order valence-corrected chi connectivity index (χ1v) is 7.54. The number of ether oxygens (including phenoxy) is 1. The minimum Gasteiger partial charge on any atom is -0.495 e. The molecule has 1 heterocycles. The van der Waals surface area contributed by atoms with Gasteiger partial charge in [-0.1, -0.05) is 25.9 Å². The zero-order chi connectivity index (χ0) is 18.6. The lowest BCUT2D eigenvalue weighted by atomic mass is 9.92. The van der Waals surface area contributed by atoms with Crippen molar-refractivity contribution in [3.63, 3.8) is 0 Å². The molecule has 1 amide bonds. The second kappa shape index (κ2) is 7.20. The van der Waals surface area contributed by atoms with E-state index in [2.05, 4.69) is 15.8 Å². The van der Waals surface area contributed by atoms with Gasteiger partial charge in [0, 0.05) is 23.6 Å². The fraction of sp³-hybridized carbons (Fsp3) is 0.375. The first kappa shape index (κ1) is 18.2. The molecular formula is C16H20N4O5. The van der Waals surface area contributed by atoms with Gasteiger partial charge in [0.25, 0.3) is 5.69 Å². The maximum atomic E-state index is 12.0. The highest BCUT2D eigenvalue weighted by Gasteiger charge is 2.20. The van der Waals surface area contributed by atoms with E-state index in [4.69, 9.17) is 9.26 Å². The number of hydrogen-bond donors (Lipinski definition) is 2. The molecule has 2 aromatic rings. The largest absolute Gasteiger partial charge is 0.495 e. The smallest absolute Gasteiger partial charge is 0.271 e. The Bertz CT molecular complexity index is 779. The minimum absolute atomic E-state index is 0.103. The van der Waals surface area contributed by atoms with Gasteiger partial charge in [-0.05, 0) is 6.07 Å². The van der Waals surface area contributed by atoms with E-state index in [9.17, 15) is 14.9 Å². The Balaban J connectivity index is 2.01. The Labute approximate surface area is 144 Å². The van der Waals surface area contributed by atoms with Crippen molar-refractivity contribution < 1.29 is 19.0 Å². The number of nitro groups is 1. The third kappa shape index (κ3) is 4.69. The third-order valence-corrected chi connectivity index (χ3v) is 3.37. The summed E-state index contributed by atoms with van der Waals surface area (Å²) in [5.74, 6) is 0.251. The number of methoxy groups -OCH3 is 1. The highest BCUT2D eigenvalue weighted by atomic mass is 16.6. The van der Waals surface area contributed by atoms with Crippen LogP contribution < -0.4 is 15.4 Å². The summed E-state index contributed by atoms with van der Waals surface area (Å²) in [6, 6.07) is 5.75. The molecular weight excluding hydrogens is 328 g/mol. The van der Waals surface area contributed by atoms with Crippen molar-refractivity contribution >= 4 is 23.2 Å². The van der Waals surface area contributed by atoms with Crippen molar-refractivity contribution in [3.05, 3.63) is 40.1 Å². The first-order valence-electron chi connectivity index (χ1n) is 7.54. The van der Waals surface area contributed by atoms with E-state index < -0.39 is 4.92 Å². The van der Waals surface area contributed by atoms with E-state index in [0.29, 0.717) is 11.4 Å². The van der Waals surface area contributed by atoms with Crippen LogP contribution in [-0.2, 0) is 10.2 Å². The van der Waals surface area contributed by atoms with E-state index in [1.54, 1.807) is 6.07 Å². The topological polar surface area (TPSA) is 120 Å². The number of aromatic nitrogens is 1. The molecule has 0 saturated heterocycles. The average molecular weight is 348 g/mol. The molecule has 2 rings (SSSR count). The second-order valence-electron chi connectivity index (χ2n) is 6.37. The SMILES string of the molecule is COc1ccc([N+](=O)[O-])cc1NCC(=O)Nc1cc(C(C)(C)C)no1. The van der Waals surface area contributed by atoms with E-state index in [0.717, 1.165) is 5.69 Å². The molecule has 0 aliphatic rings. The number of anilines is 2. The molecule has 2 N–H and O–H groups in total. The molecule has 9 nitrogen and oxygen atoms in total. The van der Waals surface area contributed by atoms with E-state index in [1.165, 1.54) is 25.3 Å². The molecule has 0 unspecified atom stereocenters. The van der Waals surface area contributed by atoms with Crippen LogP contribution in [0.25, 0.3) is 0 Å². The van der Waals surface area contributed by atoms with Crippen molar-refractivity contribution in [2.24, 2.45) is 0 Å². The van der Waals surface area contributed by atoms with Crippen LogP contribution in [0.4, 0.5) is 17.3 Å². The monoisotopic (exact) mass is 348 g/mol. The normalized spacial score (nSPS) is 11.0. The Morgan fingerprint density at radius 2 is 2.08 bits per heavy atom. The maximum absolute atomic E-state index is 12.0. The molecule has 0 spiro atoms. The number of carbonyl (C=O) groups excluding carboxylic acids is 1. The first-order chi connectivity index (χ1) is 11.7. The van der Waals surface area contributed by atoms with Gasteiger partial charge in [0.05, 0.1) is 30.0 Å². The van der Waals surface area contributed by atoms with E-state index >= 15 is 0 Å². The molecule has 0 aliphatic carbocycles. The molecule has 1 aromatic carbocycles. The second-order valence-corrected chi connectivity index (χ2v) is 6.37. The number of benzene rings is 1. The van der Waals surface area contributed by atoms with Crippen molar-refractivity contribution in [3.8, 4) is 5.75 Å². The Morgan fingerprint density at radius 1 is 1.36 bits per heavy atom. The minimum atomic E-state index is -0.521. The summed E-state index contributed by atoms with van der Waals surface area (Å²) in [5.41, 5.74) is 0.769. The van der Waals surface area contributed by atoms with Crippen molar-refractivity contribution in [2.75, 3.05) is 24.3 Å². The lowest BCUT2D eigenvalue weighted by molar-refractivity contribution is -0.384. The Morgan fingerprint density at radius 3 is 2.64 bits per heavy atom. The molecule has 0 saturated carbocycles. The van der Waals surface area contributed by atoms with Crippen LogP contribution in [-0.4, -0.2) is 29.6 Å². The number of hydrogen-bond acceptors (Lipinski definition) is 7. The number of nitro benzene ring substituents is 1. The lowest BCUT2D eigenvalue weighted by Gasteiger charge is -2.12. The predicted octanol–water partition coefficient (Wildman–Crippen LogP) is 2.94. The molecule has 0 aliphatic heterocycles. The van der Waals surface area contributed by atoms with Crippen LogP contribution in [0.15, 0.2) is 28.8 Å². The molecule has 0 atom stereocenters. The van der Waals surface area contributed by atoms with Crippen molar-refractivity contribution in [1.29, 1.82) is 0 Å². The van der Waals surface area contributed by atoms with Crippen LogP contribution in [0.2, 0.25) is 0 Å². The number of nitrogens with one attached hydrogen (secondary N) is 2. The fourth-order valence-electron chi connectivity index (χ4n) is 1.99. The summed E-state index contributed by atoms with van der Waals surface area (Å²) in [4.78, 5) is 22.4. The van der Waals surface area contributed by atoms with Crippen LogP contribution in [0.5, 0.6) is 5.75 Å². The van der Waals surface area contributed by atoms with Gasteiger partial charge < -0.3 is 14.6 Å². The maximum Gasteiger partial charge on any atom is 0.271 e. The zero-order valence-electron chi connectivity index (χ0n) is 14.5. The quantitative estimate of drug-likeness (QED) is 0.608. The highest BCUT2D eigenvalue weighted by Crippen LogP contribution is 2.28. The summed E-state index contributed by atoms with van der Waals surface area (Å²) in [6.07, 6.45) is 0. The number of non-ortho nitro benzene ring substituents is 1. The molecule has 9 heteroatoms. The van der Waals surface area contributed by atoms with Gasteiger partial charge in [0.15, 0.2) is 0 Å². The standard InChI is InChI=1S/C16H20N4O5/c1-16(2,3)13-8-15(25-19-13)18-14(21)9-17-11-7-10(20(22)23)5-6-12(11)24-4/h5-8,17H,9H2,1-4H3,(H,18,21). The predicted molar refractivity (Wildman–Crippen MR) is 92.0 cm³/mol. The number of amides is 1. The fourth-order valence-corrected chi connectivity index (χ4v) is 1.99. The highest BCUT2D eigenvalue weighted by molar-refractivity contribution is 5.92. The van der Waals surface area contributed by atoms with E-state index in [-0.39, 0.29) is 29.4 Å². The Hall–Kier alpha value is -3.10. The molecule has 1 aromatic heterocycles. The van der Waals surface area contributed by atoms with Gasteiger partial charge in [0.2, 0.25) is 11.8 Å². The summed E-state index contributed by atoms with van der Waals surface area (Å²) < 4.78 is 10.2. The third-order valence-electron chi connectivity index (χ3n) is 3.37. The summed E-state index contributed by atoms with van der Waals surface area (Å²) in [7, 11) is 1.44. The summed E-state index contributed by atoms with van der Waals surface area (Å²) in [5, 5.41) is 20.2. The molecule has 0 bridgehead atoms. The van der Waals surface area contributed by atoms with Crippen LogP contribution in [0.3, 0.4) is 0 Å². The molecule has 0 fully saturated rings. The average Bonchev–Trinajstić information content (AvgIpc) is 3.01. The van der Waals surface area contributed by atoms with Gasteiger partial charge in [0.1, 0.15) is 5.75 Å². The van der Waals surface area contributed by atoms with Crippen LogP contribution in [0.1, 0.15) is 26.5 Å². The Kier molecular flexibility index (Phi) is 5.26. The summed E-state index contributed by atoms with van der Waals surface area (Å²) in [6.45, 7) is 5.81. The lowest BCUT2D eigenvalue weighted by Crippen LogP contribution is -2.21. The number of rotatable bonds is 6. The van der Waals surface area contributed by atoms with Crippen LogP contribution >= 0.6 is 0 Å². The number of carbonyl (C=O) groups is 1. The zero-order valence-corrected chi connectivity index (χ0v) is 14.5. The van der Waals surface area contributed by atoms with Crippen molar-refractivity contribution in [2.45, 2.75) is 26.2 Å². The van der Waals surface area contributed by atoms with Gasteiger partial charge in [-0.2, -0.15) is 0 Å². The molecule has 134 valence electrons. The number of nitrogens with zero attached hydrogens (tertiary/aromatic N) is 2. The molecule has 25 heavy (non-hydrogen) atoms. The van der Waals surface area contributed by atoms with Crippen molar-refractivity contribution in [1.82, 2.24) is 5.16 Å². The van der Waals surface area contributed by atoms with Gasteiger partial charge in [-0.3, -0.25) is 20.2 Å². The van der Waals surface area contributed by atoms with Gasteiger partial charge >= 0.3 is 0 Å². The summed E-state index contributed by atoms with van der Waals surface area (Å²) >= 11 is 0. The molecule has 0 radical (unpaired) electrons.